The van der Waals surface area contributed by atoms with Crippen molar-refractivity contribution in [3.05, 3.63) is 60.4 Å². The average molecular weight is 385 g/mol. The van der Waals surface area contributed by atoms with Crippen LogP contribution in [-0.2, 0) is 10.0 Å². The zero-order chi connectivity index (χ0) is 18.9. The molecule has 0 radical (unpaired) electrons. The Morgan fingerprint density at radius 1 is 1.04 bits per heavy atom. The Kier molecular flexibility index (Phi) is 4.74. The molecule has 0 bridgehead atoms. The van der Waals surface area contributed by atoms with Crippen molar-refractivity contribution in [1.82, 2.24) is 14.6 Å². The van der Waals surface area contributed by atoms with E-state index in [-0.39, 0.29) is 17.4 Å². The molecule has 0 unspecified atom stereocenters. The number of amides is 1. The number of sulfonamides is 1. The van der Waals surface area contributed by atoms with Crippen LogP contribution in [-0.4, -0.2) is 43.3 Å². The van der Waals surface area contributed by atoms with Gasteiger partial charge in [0.1, 0.15) is 0 Å². The van der Waals surface area contributed by atoms with E-state index in [1.54, 1.807) is 54.9 Å². The number of rotatable bonds is 4. The van der Waals surface area contributed by atoms with Crippen molar-refractivity contribution in [2.24, 2.45) is 5.41 Å². The maximum Gasteiger partial charge on any atom is 0.253 e. The first-order valence-electron chi connectivity index (χ1n) is 9.27. The molecule has 1 spiro atoms. The number of piperidine rings is 1. The van der Waals surface area contributed by atoms with Gasteiger partial charge in [0, 0.05) is 37.1 Å². The summed E-state index contributed by atoms with van der Waals surface area (Å²) in [5.74, 6) is 0.0213. The predicted octanol–water partition coefficient (Wildman–Crippen LogP) is 2.44. The topological polar surface area (TPSA) is 79.4 Å². The van der Waals surface area contributed by atoms with Crippen LogP contribution in [0.1, 0.15) is 36.0 Å². The van der Waals surface area contributed by atoms with E-state index in [0.717, 1.165) is 25.7 Å². The third-order valence-electron chi connectivity index (χ3n) is 5.99. The van der Waals surface area contributed by atoms with Crippen molar-refractivity contribution < 1.29 is 13.2 Å². The number of carbonyl (C=O) groups excluding carboxylic acids is 1. The SMILES string of the molecule is O=C(c1ccncc1)N1CCC2(CC[C@@H]2NS(=O)(=O)c2ccccc2)CC1. The van der Waals surface area contributed by atoms with E-state index in [9.17, 15) is 13.2 Å². The van der Waals surface area contributed by atoms with E-state index in [4.69, 9.17) is 0 Å². The molecule has 2 aliphatic rings. The maximum atomic E-state index is 12.6. The van der Waals surface area contributed by atoms with Crippen molar-refractivity contribution in [1.29, 1.82) is 0 Å². The second-order valence-electron chi connectivity index (χ2n) is 7.42. The molecule has 4 rings (SSSR count). The summed E-state index contributed by atoms with van der Waals surface area (Å²) >= 11 is 0. The first-order valence-corrected chi connectivity index (χ1v) is 10.8. The number of pyridine rings is 1. The van der Waals surface area contributed by atoms with Gasteiger partial charge >= 0.3 is 0 Å². The Morgan fingerprint density at radius 3 is 2.30 bits per heavy atom. The molecule has 1 saturated carbocycles. The minimum Gasteiger partial charge on any atom is -0.339 e. The van der Waals surface area contributed by atoms with Gasteiger partial charge in [-0.1, -0.05) is 18.2 Å². The third-order valence-corrected chi connectivity index (χ3v) is 7.48. The molecular weight excluding hydrogens is 362 g/mol. The van der Waals surface area contributed by atoms with Crippen LogP contribution in [0.2, 0.25) is 0 Å². The van der Waals surface area contributed by atoms with Gasteiger partial charge in [-0.05, 0) is 55.4 Å². The van der Waals surface area contributed by atoms with Gasteiger partial charge in [-0.2, -0.15) is 0 Å². The van der Waals surface area contributed by atoms with Crippen LogP contribution in [0.5, 0.6) is 0 Å². The monoisotopic (exact) mass is 385 g/mol. The summed E-state index contributed by atoms with van der Waals surface area (Å²) in [6.07, 6.45) is 6.76. The van der Waals surface area contributed by atoms with Crippen LogP contribution >= 0.6 is 0 Å². The fourth-order valence-corrected chi connectivity index (χ4v) is 5.56. The molecule has 1 aliphatic heterocycles. The molecule has 2 fully saturated rings. The molecule has 6 nitrogen and oxygen atoms in total. The van der Waals surface area contributed by atoms with Crippen molar-refractivity contribution in [3.8, 4) is 0 Å². The Hall–Kier alpha value is -2.25. The van der Waals surface area contributed by atoms with Crippen molar-refractivity contribution in [2.45, 2.75) is 36.6 Å². The minimum atomic E-state index is -3.51. The van der Waals surface area contributed by atoms with Crippen LogP contribution in [0.3, 0.4) is 0 Å². The summed E-state index contributed by atoms with van der Waals surface area (Å²) in [4.78, 5) is 18.7. The summed E-state index contributed by atoms with van der Waals surface area (Å²) in [6, 6.07) is 11.9. The maximum absolute atomic E-state index is 12.6. The molecule has 1 N–H and O–H groups in total. The molecule has 1 saturated heterocycles. The van der Waals surface area contributed by atoms with Gasteiger partial charge in [0.15, 0.2) is 0 Å². The van der Waals surface area contributed by atoms with E-state index in [2.05, 4.69) is 9.71 Å². The van der Waals surface area contributed by atoms with Crippen molar-refractivity contribution >= 4 is 15.9 Å². The van der Waals surface area contributed by atoms with Crippen LogP contribution in [0.25, 0.3) is 0 Å². The lowest BCUT2D eigenvalue weighted by Gasteiger charge is -2.53. The van der Waals surface area contributed by atoms with Gasteiger partial charge in [0.05, 0.1) is 4.90 Å². The number of aromatic nitrogens is 1. The van der Waals surface area contributed by atoms with Gasteiger partial charge < -0.3 is 4.90 Å². The highest BCUT2D eigenvalue weighted by atomic mass is 32.2. The average Bonchev–Trinajstić information content (AvgIpc) is 2.72. The lowest BCUT2D eigenvalue weighted by molar-refractivity contribution is 0.00509. The number of benzene rings is 1. The zero-order valence-corrected chi connectivity index (χ0v) is 15.9. The summed E-state index contributed by atoms with van der Waals surface area (Å²) in [5, 5.41) is 0. The number of likely N-dealkylation sites (tertiary alicyclic amines) is 1. The second-order valence-corrected chi connectivity index (χ2v) is 9.13. The minimum absolute atomic E-state index is 0.0213. The molecule has 2 heterocycles. The van der Waals surface area contributed by atoms with Crippen LogP contribution in [0.15, 0.2) is 59.8 Å². The van der Waals surface area contributed by atoms with Crippen LogP contribution in [0.4, 0.5) is 0 Å². The number of carbonyl (C=O) groups is 1. The molecule has 27 heavy (non-hydrogen) atoms. The van der Waals surface area contributed by atoms with E-state index < -0.39 is 10.0 Å². The first kappa shape index (κ1) is 18.1. The predicted molar refractivity (Wildman–Crippen MR) is 102 cm³/mol. The third kappa shape index (κ3) is 3.49. The zero-order valence-electron chi connectivity index (χ0n) is 15.0. The van der Waals surface area contributed by atoms with Crippen LogP contribution < -0.4 is 4.72 Å². The van der Waals surface area contributed by atoms with Gasteiger partial charge in [-0.15, -0.1) is 0 Å². The molecule has 1 aromatic heterocycles. The Balaban J connectivity index is 1.41. The molecule has 7 heteroatoms. The second kappa shape index (κ2) is 7.05. The Bertz CT molecular complexity index is 908. The summed E-state index contributed by atoms with van der Waals surface area (Å²) in [7, 11) is -3.51. The highest BCUT2D eigenvalue weighted by molar-refractivity contribution is 7.89. The van der Waals surface area contributed by atoms with E-state index >= 15 is 0 Å². The van der Waals surface area contributed by atoms with E-state index in [1.165, 1.54) is 0 Å². The Labute approximate surface area is 159 Å². The van der Waals surface area contributed by atoms with Gasteiger partial charge in [-0.3, -0.25) is 9.78 Å². The molecule has 142 valence electrons. The van der Waals surface area contributed by atoms with E-state index in [0.29, 0.717) is 23.5 Å². The molecule has 1 atom stereocenters. The highest BCUT2D eigenvalue weighted by Crippen LogP contribution is 2.49. The molecule has 1 amide bonds. The van der Waals surface area contributed by atoms with Gasteiger partial charge in [0.25, 0.3) is 5.91 Å². The fraction of sp³-hybridized carbons (Fsp3) is 0.400. The van der Waals surface area contributed by atoms with Crippen molar-refractivity contribution in [3.63, 3.8) is 0 Å². The summed E-state index contributed by atoms with van der Waals surface area (Å²) in [6.45, 7) is 1.31. The lowest BCUT2D eigenvalue weighted by atomic mass is 9.59. The normalized spacial score (nSPS) is 21.6. The molecule has 1 aromatic carbocycles. The quantitative estimate of drug-likeness (QED) is 0.877. The summed E-state index contributed by atoms with van der Waals surface area (Å²) < 4.78 is 28.2. The van der Waals surface area contributed by atoms with Crippen molar-refractivity contribution in [2.75, 3.05) is 13.1 Å². The standard InChI is InChI=1S/C20H23N3O3S/c24-19(16-7-12-21-13-8-16)23-14-10-20(11-15-23)9-6-18(20)22-27(25,26)17-4-2-1-3-5-17/h1-5,7-8,12-13,18,22H,6,9-11,14-15H2/t18-/m0/s1. The smallest absolute Gasteiger partial charge is 0.253 e. The lowest BCUT2D eigenvalue weighted by Crippen LogP contribution is -2.59. The van der Waals surface area contributed by atoms with E-state index in [1.807, 2.05) is 4.90 Å². The first-order chi connectivity index (χ1) is 13.0. The van der Waals surface area contributed by atoms with Gasteiger partial charge in [0.2, 0.25) is 10.0 Å². The summed E-state index contributed by atoms with van der Waals surface area (Å²) in [5.41, 5.74) is 0.618. The number of nitrogens with one attached hydrogen (secondary N) is 1. The highest BCUT2D eigenvalue weighted by Gasteiger charge is 2.50. The largest absolute Gasteiger partial charge is 0.339 e. The Morgan fingerprint density at radius 2 is 1.70 bits per heavy atom. The van der Waals surface area contributed by atoms with Gasteiger partial charge in [-0.25, -0.2) is 13.1 Å². The fourth-order valence-electron chi connectivity index (χ4n) is 4.17. The molecular formula is C20H23N3O3S. The molecule has 2 aromatic rings. The number of hydrogen-bond donors (Lipinski definition) is 1. The number of nitrogens with zero attached hydrogens (tertiary/aromatic N) is 2. The molecule has 1 aliphatic carbocycles. The van der Waals surface area contributed by atoms with Crippen LogP contribution in [0, 0.1) is 5.41 Å². The number of hydrogen-bond acceptors (Lipinski definition) is 4.